The standard InChI is InChI=1S/2C3H9BO3.C3H3N2.Li/c2*1-5-4(6-2)7-3;1-2-5-3-4-1;/h2*1-3H3;1-3H;/q;;-1;+1. The maximum Gasteiger partial charge on any atom is 1.00 e. The third-order valence-corrected chi connectivity index (χ3v) is 1.53. The van der Waals surface area contributed by atoms with E-state index in [1.807, 2.05) is 0 Å². The fourth-order valence-corrected chi connectivity index (χ4v) is 0.770. The average Bonchev–Trinajstić information content (AvgIpc) is 3.03. The first kappa shape index (κ1) is 24.7. The molecule has 0 atom stereocenters. The van der Waals surface area contributed by atoms with Gasteiger partial charge in [-0.05, 0) is 0 Å². The summed E-state index contributed by atoms with van der Waals surface area (Å²) in [5.74, 6) is 0. The first-order valence-electron chi connectivity index (χ1n) is 5.23. The normalized spacial score (nSPS) is 8.30. The molecule has 0 saturated heterocycles. The van der Waals surface area contributed by atoms with Crippen LogP contribution >= 0.6 is 0 Å². The molecule has 0 aliphatic rings. The van der Waals surface area contributed by atoms with Crippen molar-refractivity contribution in [3.05, 3.63) is 18.7 Å². The predicted octanol–water partition coefficient (Wildman–Crippen LogP) is -3.14. The van der Waals surface area contributed by atoms with Crippen molar-refractivity contribution in [3.8, 4) is 0 Å². The Bertz CT molecular complexity index is 200. The van der Waals surface area contributed by atoms with Crippen molar-refractivity contribution in [1.29, 1.82) is 0 Å². The molecule has 0 saturated carbocycles. The minimum atomic E-state index is -0.514. The van der Waals surface area contributed by atoms with Crippen molar-refractivity contribution in [2.24, 2.45) is 0 Å². The van der Waals surface area contributed by atoms with Gasteiger partial charge >= 0.3 is 33.5 Å². The van der Waals surface area contributed by atoms with E-state index >= 15 is 0 Å². The summed E-state index contributed by atoms with van der Waals surface area (Å²) in [4.78, 5) is 7.22. The van der Waals surface area contributed by atoms with Crippen molar-refractivity contribution in [3.63, 3.8) is 0 Å². The van der Waals surface area contributed by atoms with E-state index in [1.54, 1.807) is 12.4 Å². The predicted molar refractivity (Wildman–Crippen MR) is 71.1 cm³/mol. The van der Waals surface area contributed by atoms with Crippen LogP contribution in [0.25, 0.3) is 0 Å². The van der Waals surface area contributed by atoms with Gasteiger partial charge < -0.3 is 37.9 Å². The van der Waals surface area contributed by atoms with Gasteiger partial charge in [0.05, 0.1) is 0 Å². The van der Waals surface area contributed by atoms with Gasteiger partial charge in [0, 0.05) is 42.7 Å². The van der Waals surface area contributed by atoms with Gasteiger partial charge in [0.1, 0.15) is 0 Å². The minimum absolute atomic E-state index is 0. The van der Waals surface area contributed by atoms with Gasteiger partial charge in [-0.2, -0.15) is 0 Å². The summed E-state index contributed by atoms with van der Waals surface area (Å²) in [7, 11) is 8.04. The van der Waals surface area contributed by atoms with Gasteiger partial charge in [0.15, 0.2) is 0 Å². The van der Waals surface area contributed by atoms with Crippen LogP contribution in [0.2, 0.25) is 0 Å². The molecule has 1 heterocycles. The Balaban J connectivity index is -0.000000214. The molecule has 0 fully saturated rings. The van der Waals surface area contributed by atoms with Crippen molar-refractivity contribution in [2.45, 2.75) is 0 Å². The number of nitrogens with zero attached hydrogens (tertiary/aromatic N) is 2. The number of hydrogen-bond acceptors (Lipinski definition) is 7. The minimum Gasteiger partial charge on any atom is -0.450 e. The zero-order valence-corrected chi connectivity index (χ0v) is 13.2. The Kier molecular flexibility index (Phi) is 25.9. The van der Waals surface area contributed by atoms with Crippen molar-refractivity contribution in [2.75, 3.05) is 42.7 Å². The van der Waals surface area contributed by atoms with Crippen LogP contribution in [0.3, 0.4) is 0 Å². The summed E-state index contributed by atoms with van der Waals surface area (Å²) >= 11 is 0. The van der Waals surface area contributed by atoms with Crippen molar-refractivity contribution < 1.29 is 46.8 Å². The fourth-order valence-electron chi connectivity index (χ4n) is 0.770. The van der Waals surface area contributed by atoms with Crippen LogP contribution in [0.4, 0.5) is 0 Å². The van der Waals surface area contributed by atoms with Crippen molar-refractivity contribution in [1.82, 2.24) is 9.97 Å². The molecule has 20 heavy (non-hydrogen) atoms. The Morgan fingerprint density at radius 1 is 0.750 bits per heavy atom. The monoisotopic (exact) mass is 282 g/mol. The summed E-state index contributed by atoms with van der Waals surface area (Å²) in [6, 6.07) is 0. The first-order valence-corrected chi connectivity index (χ1v) is 5.23. The molecule has 0 bridgehead atoms. The van der Waals surface area contributed by atoms with E-state index in [4.69, 9.17) is 0 Å². The number of hydrogen-bond donors (Lipinski definition) is 0. The Morgan fingerprint density at radius 2 is 1.10 bits per heavy atom. The molecule has 0 aliphatic heterocycles. The van der Waals surface area contributed by atoms with E-state index in [0.29, 0.717) is 0 Å². The smallest absolute Gasteiger partial charge is 0.450 e. The second-order valence-electron chi connectivity index (χ2n) is 2.70. The molecule has 110 valence electrons. The summed E-state index contributed by atoms with van der Waals surface area (Å²) in [5.41, 5.74) is 0. The van der Waals surface area contributed by atoms with Crippen LogP contribution in [0, 0.1) is 0 Å². The maximum atomic E-state index is 4.60. The van der Waals surface area contributed by atoms with Crippen LogP contribution in [0.5, 0.6) is 0 Å². The van der Waals surface area contributed by atoms with Gasteiger partial charge in [-0.1, -0.05) is 18.7 Å². The van der Waals surface area contributed by atoms with Gasteiger partial charge in [-0.3, -0.25) is 0 Å². The van der Waals surface area contributed by atoms with Crippen LogP contribution in [-0.2, 0) is 27.9 Å². The zero-order valence-electron chi connectivity index (χ0n) is 13.2. The van der Waals surface area contributed by atoms with Crippen LogP contribution in [0.1, 0.15) is 0 Å². The molecule has 0 radical (unpaired) electrons. The molecule has 1 rings (SSSR count). The van der Waals surface area contributed by atoms with Crippen LogP contribution in [-0.4, -0.2) is 62.3 Å². The molecular weight excluding hydrogens is 261 g/mol. The number of rotatable bonds is 6. The molecule has 11 heteroatoms. The van der Waals surface area contributed by atoms with Gasteiger partial charge in [-0.25, -0.2) is 0 Å². The van der Waals surface area contributed by atoms with E-state index in [2.05, 4.69) is 37.9 Å². The van der Waals surface area contributed by atoms with Crippen molar-refractivity contribution >= 4 is 14.6 Å². The number of aromatic nitrogens is 2. The summed E-state index contributed by atoms with van der Waals surface area (Å²) in [5, 5.41) is 0. The van der Waals surface area contributed by atoms with E-state index in [-0.39, 0.29) is 18.9 Å². The molecular formula is C9H21B2LiN2O6. The summed E-state index contributed by atoms with van der Waals surface area (Å²) < 4.78 is 27.6. The molecule has 0 amide bonds. The fraction of sp³-hybridized carbons (Fsp3) is 0.667. The topological polar surface area (TPSA) is 82.4 Å². The molecule has 0 unspecified atom stereocenters. The van der Waals surface area contributed by atoms with Crippen LogP contribution < -0.4 is 23.8 Å². The largest absolute Gasteiger partial charge is 1.00 e. The molecule has 0 spiro atoms. The quantitative estimate of drug-likeness (QED) is 0.506. The Labute approximate surface area is 133 Å². The van der Waals surface area contributed by atoms with E-state index < -0.39 is 14.6 Å². The first-order chi connectivity index (χ1) is 9.19. The Morgan fingerprint density at radius 3 is 1.15 bits per heavy atom. The van der Waals surface area contributed by atoms with Crippen LogP contribution in [0.15, 0.2) is 18.7 Å². The molecule has 0 N–H and O–H groups in total. The SMILES string of the molecule is COB(OC)OC.COB(OC)OC.[Li+].c1c[n-]cn1. The number of imidazole rings is 1. The Hall–Kier alpha value is -0.303. The van der Waals surface area contributed by atoms with E-state index in [1.165, 1.54) is 49.0 Å². The average molecular weight is 282 g/mol. The second kappa shape index (κ2) is 21.0. The van der Waals surface area contributed by atoms with Gasteiger partial charge in [-0.15, -0.1) is 0 Å². The third-order valence-electron chi connectivity index (χ3n) is 1.53. The van der Waals surface area contributed by atoms with Gasteiger partial charge in [0.25, 0.3) is 0 Å². The van der Waals surface area contributed by atoms with Gasteiger partial charge in [0.2, 0.25) is 0 Å². The zero-order chi connectivity index (χ0) is 14.9. The molecule has 0 aromatic carbocycles. The van der Waals surface area contributed by atoms with E-state index in [0.717, 1.165) is 0 Å². The third kappa shape index (κ3) is 17.7. The second-order valence-corrected chi connectivity index (χ2v) is 2.70. The molecule has 0 aliphatic carbocycles. The molecule has 8 nitrogen and oxygen atoms in total. The molecule has 1 aromatic rings. The summed E-state index contributed by atoms with van der Waals surface area (Å²) in [6.45, 7) is 0. The maximum absolute atomic E-state index is 4.60. The van der Waals surface area contributed by atoms with E-state index in [9.17, 15) is 0 Å². The molecule has 1 aromatic heterocycles. The summed E-state index contributed by atoms with van der Waals surface area (Å²) in [6.07, 6.45) is 4.78.